The second-order valence-electron chi connectivity index (χ2n) is 8.31. The summed E-state index contributed by atoms with van der Waals surface area (Å²) in [5.41, 5.74) is 2.44. The maximum absolute atomic E-state index is 12.7. The highest BCUT2D eigenvalue weighted by molar-refractivity contribution is 6.16. The molecule has 4 rings (SSSR count). The zero-order chi connectivity index (χ0) is 24.2. The fourth-order valence-electron chi connectivity index (χ4n) is 4.88. The van der Waals surface area contributed by atoms with Gasteiger partial charge in [-0.25, -0.2) is 4.79 Å². The largest absolute Gasteiger partial charge is 0.507 e. The second kappa shape index (κ2) is 10.2. The molecule has 1 atom stereocenters. The highest BCUT2D eigenvalue weighted by Gasteiger charge is 2.34. The van der Waals surface area contributed by atoms with Crippen molar-refractivity contribution in [3.63, 3.8) is 0 Å². The number of nitrogens with zero attached hydrogens (tertiary/aromatic N) is 3. The number of esters is 1. The number of benzene rings is 2. The van der Waals surface area contributed by atoms with Gasteiger partial charge in [0.25, 0.3) is 0 Å². The molecule has 3 aromatic rings. The first-order chi connectivity index (χ1) is 16.5. The molecule has 0 bridgehead atoms. The number of carbonyl (C=O) groups is 1. The lowest BCUT2D eigenvalue weighted by molar-refractivity contribution is 0.0601. The van der Waals surface area contributed by atoms with Gasteiger partial charge in [0.15, 0.2) is 0 Å². The van der Waals surface area contributed by atoms with E-state index in [4.69, 9.17) is 9.15 Å². The fourth-order valence-corrected chi connectivity index (χ4v) is 4.88. The van der Waals surface area contributed by atoms with Gasteiger partial charge in [0, 0.05) is 54.1 Å². The molecule has 1 aliphatic rings. The number of aromatic hydroxyl groups is 1. The van der Waals surface area contributed by atoms with Crippen LogP contribution >= 0.6 is 0 Å². The summed E-state index contributed by atoms with van der Waals surface area (Å²) in [6.07, 6.45) is 6.99. The summed E-state index contributed by atoms with van der Waals surface area (Å²) in [5, 5.41) is 13.7. The Labute approximate surface area is 199 Å². The van der Waals surface area contributed by atoms with Crippen molar-refractivity contribution >= 4 is 34.4 Å². The van der Waals surface area contributed by atoms with Crippen LogP contribution in [0, 0.1) is 0 Å². The molecule has 0 spiro atoms. The van der Waals surface area contributed by atoms with Crippen molar-refractivity contribution < 1.29 is 19.1 Å². The van der Waals surface area contributed by atoms with Gasteiger partial charge in [-0.3, -0.25) is 9.89 Å². The Bertz CT molecular complexity index is 1270. The Hall–Kier alpha value is -3.42. The molecule has 1 saturated heterocycles. The number of methoxy groups -OCH3 is 1. The van der Waals surface area contributed by atoms with E-state index >= 15 is 0 Å². The number of ether oxygens (including phenoxy) is 1. The number of likely N-dealkylation sites (N-methyl/N-ethyl adjacent to an activating group) is 1. The standard InChI is InChI=1S/C27H31N3O4/c1-5-18(11-12-28-3)24(30-15-13-29(6-2)14-16-30)23-22-21(27(32)33-4)17-34-26(22)20-10-8-7-9-19(20)25(23)31/h5,7-12,17,24,31H,3,6,13-16H2,1-2,4H3/b12-11-,18-5+. The molecule has 1 fully saturated rings. The molecule has 2 aromatic carbocycles. The molecule has 7 nitrogen and oxygen atoms in total. The Kier molecular flexibility index (Phi) is 7.14. The molecule has 2 heterocycles. The third-order valence-corrected chi connectivity index (χ3v) is 6.66. The van der Waals surface area contributed by atoms with Gasteiger partial charge in [-0.1, -0.05) is 37.3 Å². The van der Waals surface area contributed by atoms with E-state index in [0.29, 0.717) is 27.5 Å². The number of fused-ring (bicyclic) bond motifs is 3. The summed E-state index contributed by atoms with van der Waals surface area (Å²) >= 11 is 0. The van der Waals surface area contributed by atoms with Crippen molar-refractivity contribution in [1.29, 1.82) is 0 Å². The molecule has 1 aromatic heterocycles. The Morgan fingerprint density at radius 1 is 1.26 bits per heavy atom. The van der Waals surface area contributed by atoms with Crippen LogP contribution in [0.4, 0.5) is 0 Å². The lowest BCUT2D eigenvalue weighted by Crippen LogP contribution is -2.47. The van der Waals surface area contributed by atoms with Gasteiger partial charge in [-0.2, -0.15) is 0 Å². The molecule has 1 aliphatic heterocycles. The SMILES string of the molecule is C=N/C=C\C(=C/C)C(c1c(O)c2ccccc2c2occ(C(=O)OC)c12)N1CCN(CC)CC1. The van der Waals surface area contributed by atoms with Crippen LogP contribution in [0.5, 0.6) is 5.75 Å². The minimum Gasteiger partial charge on any atom is -0.507 e. The minimum atomic E-state index is -0.505. The molecule has 34 heavy (non-hydrogen) atoms. The monoisotopic (exact) mass is 461 g/mol. The maximum atomic E-state index is 12.7. The molecule has 1 unspecified atom stereocenters. The Morgan fingerprint density at radius 3 is 2.59 bits per heavy atom. The molecule has 178 valence electrons. The highest BCUT2D eigenvalue weighted by atomic mass is 16.5. The van der Waals surface area contributed by atoms with E-state index in [1.807, 2.05) is 43.3 Å². The smallest absolute Gasteiger partial charge is 0.341 e. The van der Waals surface area contributed by atoms with Crippen LogP contribution < -0.4 is 0 Å². The van der Waals surface area contributed by atoms with Crippen LogP contribution in [0.2, 0.25) is 0 Å². The van der Waals surface area contributed by atoms with Gasteiger partial charge in [-0.15, -0.1) is 0 Å². The first-order valence-electron chi connectivity index (χ1n) is 11.5. The van der Waals surface area contributed by atoms with E-state index in [-0.39, 0.29) is 11.8 Å². The van der Waals surface area contributed by atoms with Gasteiger partial charge >= 0.3 is 5.97 Å². The highest BCUT2D eigenvalue weighted by Crippen LogP contribution is 2.47. The molecule has 0 aliphatic carbocycles. The van der Waals surface area contributed by atoms with Crippen LogP contribution in [0.25, 0.3) is 21.7 Å². The van der Waals surface area contributed by atoms with E-state index in [2.05, 4.69) is 28.4 Å². The zero-order valence-corrected chi connectivity index (χ0v) is 20.0. The third-order valence-electron chi connectivity index (χ3n) is 6.66. The summed E-state index contributed by atoms with van der Waals surface area (Å²) in [4.78, 5) is 21.4. The number of piperazine rings is 1. The van der Waals surface area contributed by atoms with Crippen LogP contribution in [0.1, 0.15) is 35.8 Å². The molecular weight excluding hydrogens is 430 g/mol. The van der Waals surface area contributed by atoms with Crippen molar-refractivity contribution in [2.75, 3.05) is 39.8 Å². The normalized spacial score (nSPS) is 17.0. The summed E-state index contributed by atoms with van der Waals surface area (Å²) in [6.45, 7) is 12.1. The van der Waals surface area contributed by atoms with Gasteiger partial charge in [0.05, 0.1) is 13.2 Å². The van der Waals surface area contributed by atoms with E-state index in [0.717, 1.165) is 43.7 Å². The average Bonchev–Trinajstić information content (AvgIpc) is 3.32. The molecule has 7 heteroatoms. The Morgan fingerprint density at radius 2 is 1.97 bits per heavy atom. The quantitative estimate of drug-likeness (QED) is 0.306. The van der Waals surface area contributed by atoms with Gasteiger partial charge in [0.2, 0.25) is 0 Å². The molecule has 0 saturated carbocycles. The van der Waals surface area contributed by atoms with Gasteiger partial charge < -0.3 is 19.2 Å². The predicted molar refractivity (Wildman–Crippen MR) is 136 cm³/mol. The van der Waals surface area contributed by atoms with Gasteiger partial charge in [-0.05, 0) is 31.8 Å². The second-order valence-corrected chi connectivity index (χ2v) is 8.31. The topological polar surface area (TPSA) is 78.5 Å². The van der Waals surface area contributed by atoms with E-state index in [1.54, 1.807) is 6.20 Å². The summed E-state index contributed by atoms with van der Waals surface area (Å²) < 4.78 is 11.0. The number of phenols is 1. The number of aliphatic imine (C=N–C) groups is 1. The van der Waals surface area contributed by atoms with Crippen molar-refractivity contribution in [3.8, 4) is 5.75 Å². The number of carbonyl (C=O) groups excluding carboxylic acids is 1. The minimum absolute atomic E-state index is 0.136. The van der Waals surface area contributed by atoms with Crippen LogP contribution in [-0.2, 0) is 4.74 Å². The third kappa shape index (κ3) is 4.13. The lowest BCUT2D eigenvalue weighted by atomic mass is 9.88. The molecule has 0 radical (unpaired) electrons. The molecular formula is C27H31N3O4. The van der Waals surface area contributed by atoms with E-state index in [1.165, 1.54) is 13.4 Å². The van der Waals surface area contributed by atoms with Crippen LogP contribution in [-0.4, -0.2) is 67.4 Å². The van der Waals surface area contributed by atoms with Crippen molar-refractivity contribution in [2.45, 2.75) is 19.9 Å². The number of furan rings is 1. The predicted octanol–water partition coefficient (Wildman–Crippen LogP) is 4.92. The molecule has 1 N–H and O–H groups in total. The number of allylic oxidation sites excluding steroid dienone is 1. The Balaban J connectivity index is 2.04. The summed E-state index contributed by atoms with van der Waals surface area (Å²) in [7, 11) is 1.35. The van der Waals surface area contributed by atoms with Gasteiger partial charge in [0.1, 0.15) is 23.2 Å². The lowest BCUT2D eigenvalue weighted by Gasteiger charge is -2.40. The van der Waals surface area contributed by atoms with Crippen LogP contribution in [0.15, 0.2) is 63.9 Å². The average molecular weight is 462 g/mol. The summed E-state index contributed by atoms with van der Waals surface area (Å²) in [5.74, 6) is -0.369. The van der Waals surface area contributed by atoms with Crippen molar-refractivity contribution in [3.05, 3.63) is 65.6 Å². The van der Waals surface area contributed by atoms with Crippen molar-refractivity contribution in [2.24, 2.45) is 4.99 Å². The first kappa shape index (κ1) is 23.7. The number of phenolic OH excluding ortho intramolecular Hbond substituents is 1. The zero-order valence-electron chi connectivity index (χ0n) is 20.0. The molecule has 0 amide bonds. The van der Waals surface area contributed by atoms with Crippen molar-refractivity contribution in [1.82, 2.24) is 9.80 Å². The summed E-state index contributed by atoms with van der Waals surface area (Å²) in [6, 6.07) is 7.21. The van der Waals surface area contributed by atoms with E-state index < -0.39 is 5.97 Å². The number of rotatable bonds is 7. The van der Waals surface area contributed by atoms with E-state index in [9.17, 15) is 9.90 Å². The maximum Gasteiger partial charge on any atom is 0.341 e. The number of hydrogen-bond donors (Lipinski definition) is 1. The number of hydrogen-bond acceptors (Lipinski definition) is 7. The first-order valence-corrected chi connectivity index (χ1v) is 11.5. The fraction of sp³-hybridized carbons (Fsp3) is 0.333. The van der Waals surface area contributed by atoms with Crippen LogP contribution in [0.3, 0.4) is 0 Å².